The molecule has 1 aromatic carbocycles. The number of hydrogen-bond acceptors (Lipinski definition) is 9. The minimum Gasteiger partial charge on any atom is -0.505 e. The Labute approximate surface area is 215 Å². The number of amides is 1. The Balaban J connectivity index is 1.87. The lowest BCUT2D eigenvalue weighted by Crippen LogP contribution is -2.47. The van der Waals surface area contributed by atoms with Crippen LogP contribution in [0, 0.1) is 11.8 Å². The van der Waals surface area contributed by atoms with Crippen molar-refractivity contribution < 1.29 is 38.5 Å². The SMILES string of the molecule is CCc1ccnc(C(=O)N[C@H]2COC(=O)[C@H](Cc3ccccc3)[C@@H](OC(=O)C(C)C)[C@H](C)OC2=O)c1O. The van der Waals surface area contributed by atoms with Crippen LogP contribution in [0.3, 0.4) is 0 Å². The molecule has 2 aromatic rings. The first kappa shape index (κ1) is 27.6. The monoisotopic (exact) mass is 512 g/mol. The van der Waals surface area contributed by atoms with E-state index in [1.165, 1.54) is 13.1 Å². The number of ether oxygens (including phenoxy) is 3. The van der Waals surface area contributed by atoms with Crippen LogP contribution in [0.4, 0.5) is 0 Å². The molecule has 2 N–H and O–H groups in total. The molecule has 0 radical (unpaired) electrons. The van der Waals surface area contributed by atoms with Gasteiger partial charge in [0.1, 0.15) is 24.4 Å². The van der Waals surface area contributed by atoms with Crippen molar-refractivity contribution in [2.75, 3.05) is 6.61 Å². The second-order valence-corrected chi connectivity index (χ2v) is 9.17. The van der Waals surface area contributed by atoms with Gasteiger partial charge in [-0.15, -0.1) is 0 Å². The van der Waals surface area contributed by atoms with Gasteiger partial charge in [0.25, 0.3) is 5.91 Å². The van der Waals surface area contributed by atoms with Gasteiger partial charge in [-0.1, -0.05) is 51.1 Å². The minimum atomic E-state index is -1.37. The zero-order chi connectivity index (χ0) is 27.1. The van der Waals surface area contributed by atoms with Gasteiger partial charge in [0, 0.05) is 6.20 Å². The number of nitrogens with one attached hydrogen (secondary N) is 1. The molecule has 4 atom stereocenters. The van der Waals surface area contributed by atoms with Gasteiger partial charge in [0.2, 0.25) is 0 Å². The predicted octanol–water partition coefficient (Wildman–Crippen LogP) is 2.36. The number of cyclic esters (lactones) is 2. The lowest BCUT2D eigenvalue weighted by Gasteiger charge is -2.29. The summed E-state index contributed by atoms with van der Waals surface area (Å²) in [5.74, 6) is -4.71. The molecule has 1 saturated heterocycles. The van der Waals surface area contributed by atoms with Gasteiger partial charge >= 0.3 is 17.9 Å². The molecular formula is C27H32N2O8. The third-order valence-corrected chi connectivity index (χ3v) is 6.07. The summed E-state index contributed by atoms with van der Waals surface area (Å²) in [6, 6.07) is 9.32. The highest BCUT2D eigenvalue weighted by atomic mass is 16.6. The van der Waals surface area contributed by atoms with Gasteiger partial charge in [0.05, 0.1) is 5.92 Å². The van der Waals surface area contributed by atoms with Crippen LogP contribution in [0.1, 0.15) is 49.3 Å². The molecule has 0 saturated carbocycles. The van der Waals surface area contributed by atoms with E-state index < -0.39 is 60.5 Å². The van der Waals surface area contributed by atoms with Crippen molar-refractivity contribution >= 4 is 23.8 Å². The summed E-state index contributed by atoms with van der Waals surface area (Å²) in [5, 5.41) is 12.8. The number of benzene rings is 1. The standard InChI is InChI=1S/C27H32N2O8/c1-5-18-11-12-28-21(22(18)30)24(31)29-20-14-35-26(33)19(13-17-9-7-6-8-10-17)23(16(4)36-27(20)34)37-25(32)15(2)3/h6-12,15-16,19-20,23,30H,5,13-14H2,1-4H3,(H,29,31)/t16-,19+,20-,23-/m0/s1. The van der Waals surface area contributed by atoms with Gasteiger partial charge < -0.3 is 24.6 Å². The molecule has 0 unspecified atom stereocenters. The first-order valence-electron chi connectivity index (χ1n) is 12.2. The van der Waals surface area contributed by atoms with Crippen LogP contribution < -0.4 is 5.32 Å². The van der Waals surface area contributed by atoms with Crippen molar-refractivity contribution in [2.45, 2.75) is 58.8 Å². The molecular weight excluding hydrogens is 480 g/mol. The summed E-state index contributed by atoms with van der Waals surface area (Å²) in [7, 11) is 0. The van der Waals surface area contributed by atoms with E-state index in [-0.39, 0.29) is 17.9 Å². The van der Waals surface area contributed by atoms with Crippen LogP contribution in [-0.2, 0) is 41.4 Å². The van der Waals surface area contributed by atoms with Crippen LogP contribution in [0.25, 0.3) is 0 Å². The summed E-state index contributed by atoms with van der Waals surface area (Å²) in [5.41, 5.74) is 1.04. The second-order valence-electron chi connectivity index (χ2n) is 9.17. The molecule has 198 valence electrons. The number of esters is 3. The van der Waals surface area contributed by atoms with Crippen molar-refractivity contribution in [3.8, 4) is 5.75 Å². The second kappa shape index (κ2) is 12.3. The number of aromatic nitrogens is 1. The zero-order valence-corrected chi connectivity index (χ0v) is 21.3. The number of hydrogen-bond donors (Lipinski definition) is 2. The quantitative estimate of drug-likeness (QED) is 0.422. The minimum absolute atomic E-state index is 0.177. The van der Waals surface area contributed by atoms with Gasteiger partial charge in [-0.25, -0.2) is 9.78 Å². The fourth-order valence-corrected chi connectivity index (χ4v) is 3.92. The first-order chi connectivity index (χ1) is 17.6. The lowest BCUT2D eigenvalue weighted by molar-refractivity contribution is -0.176. The van der Waals surface area contributed by atoms with Crippen LogP contribution in [-0.4, -0.2) is 58.8 Å². The van der Waals surface area contributed by atoms with E-state index in [1.54, 1.807) is 19.9 Å². The summed E-state index contributed by atoms with van der Waals surface area (Å²) in [6.45, 7) is 6.12. The molecule has 1 aromatic heterocycles. The van der Waals surface area contributed by atoms with E-state index in [0.29, 0.717) is 12.0 Å². The molecule has 1 aliphatic heterocycles. The van der Waals surface area contributed by atoms with E-state index >= 15 is 0 Å². The number of carbonyl (C=O) groups excluding carboxylic acids is 4. The van der Waals surface area contributed by atoms with E-state index in [2.05, 4.69) is 10.3 Å². The molecule has 10 nitrogen and oxygen atoms in total. The number of pyridine rings is 1. The number of nitrogens with zero attached hydrogens (tertiary/aromatic N) is 1. The van der Waals surface area contributed by atoms with E-state index in [1.807, 2.05) is 37.3 Å². The van der Waals surface area contributed by atoms with Crippen molar-refractivity contribution in [2.24, 2.45) is 11.8 Å². The van der Waals surface area contributed by atoms with Crippen molar-refractivity contribution in [1.29, 1.82) is 0 Å². The van der Waals surface area contributed by atoms with Crippen molar-refractivity contribution in [3.63, 3.8) is 0 Å². The fourth-order valence-electron chi connectivity index (χ4n) is 3.92. The van der Waals surface area contributed by atoms with Gasteiger partial charge in [0.15, 0.2) is 17.8 Å². The van der Waals surface area contributed by atoms with Gasteiger partial charge in [-0.2, -0.15) is 0 Å². The lowest BCUT2D eigenvalue weighted by atomic mass is 9.91. The highest BCUT2D eigenvalue weighted by Gasteiger charge is 2.42. The average Bonchev–Trinajstić information content (AvgIpc) is 2.91. The van der Waals surface area contributed by atoms with E-state index in [0.717, 1.165) is 5.56 Å². The Morgan fingerprint density at radius 1 is 1.16 bits per heavy atom. The molecule has 37 heavy (non-hydrogen) atoms. The number of aromatic hydroxyl groups is 1. The normalized spacial score (nSPS) is 22.2. The largest absolute Gasteiger partial charge is 0.505 e. The predicted molar refractivity (Wildman–Crippen MR) is 131 cm³/mol. The molecule has 0 bridgehead atoms. The van der Waals surface area contributed by atoms with E-state index in [4.69, 9.17) is 14.2 Å². The topological polar surface area (TPSA) is 141 Å². The van der Waals surface area contributed by atoms with Crippen molar-refractivity contribution in [3.05, 3.63) is 59.4 Å². The summed E-state index contributed by atoms with van der Waals surface area (Å²) >= 11 is 0. The van der Waals surface area contributed by atoms with Crippen LogP contribution in [0.15, 0.2) is 42.6 Å². The maximum absolute atomic E-state index is 13.2. The van der Waals surface area contributed by atoms with Gasteiger partial charge in [-0.3, -0.25) is 14.4 Å². The molecule has 1 amide bonds. The molecule has 10 heteroatoms. The highest BCUT2D eigenvalue weighted by molar-refractivity contribution is 5.97. The third kappa shape index (κ3) is 6.84. The number of rotatable bonds is 7. The Kier molecular flexibility index (Phi) is 9.21. The summed E-state index contributed by atoms with van der Waals surface area (Å²) < 4.78 is 16.6. The average molecular weight is 513 g/mol. The van der Waals surface area contributed by atoms with E-state index in [9.17, 15) is 24.3 Å². The molecule has 1 aliphatic rings. The molecule has 0 aliphatic carbocycles. The van der Waals surface area contributed by atoms with Crippen LogP contribution >= 0.6 is 0 Å². The summed E-state index contributed by atoms with van der Waals surface area (Å²) in [6.07, 6.45) is -0.124. The molecule has 3 rings (SSSR count). The third-order valence-electron chi connectivity index (χ3n) is 6.07. The Hall–Kier alpha value is -3.95. The maximum atomic E-state index is 13.2. The maximum Gasteiger partial charge on any atom is 0.332 e. The number of aryl methyl sites for hydroxylation is 1. The Bertz CT molecular complexity index is 1130. The van der Waals surface area contributed by atoms with Gasteiger partial charge in [-0.05, 0) is 37.0 Å². The molecule has 2 heterocycles. The highest BCUT2D eigenvalue weighted by Crippen LogP contribution is 2.25. The fraction of sp³-hybridized carbons (Fsp3) is 0.444. The van der Waals surface area contributed by atoms with Crippen LogP contribution in [0.5, 0.6) is 5.75 Å². The Morgan fingerprint density at radius 3 is 2.51 bits per heavy atom. The smallest absolute Gasteiger partial charge is 0.332 e. The summed E-state index contributed by atoms with van der Waals surface area (Å²) in [4.78, 5) is 55.4. The molecule has 0 spiro atoms. The number of carbonyl (C=O) groups is 4. The first-order valence-corrected chi connectivity index (χ1v) is 12.2. The van der Waals surface area contributed by atoms with Crippen molar-refractivity contribution in [1.82, 2.24) is 10.3 Å². The zero-order valence-electron chi connectivity index (χ0n) is 21.3. The molecule has 1 fully saturated rings. The Morgan fingerprint density at radius 2 is 1.86 bits per heavy atom. The van der Waals surface area contributed by atoms with Crippen LogP contribution in [0.2, 0.25) is 0 Å².